The van der Waals surface area contributed by atoms with Crippen molar-refractivity contribution in [1.82, 2.24) is 10.0 Å². The highest BCUT2D eigenvalue weighted by Gasteiger charge is 2.34. The number of hydrogen-bond donors (Lipinski definition) is 2. The van der Waals surface area contributed by atoms with Crippen LogP contribution < -0.4 is 10.0 Å². The monoisotopic (exact) mass is 372 g/mol. The molecular formula is C14H20ClF3N2O2S. The SMILES string of the molecule is Cc1ccc(S(=O)(=O)NC2CCCNC2C)cc1C(F)(F)F.Cl. The van der Waals surface area contributed by atoms with Crippen LogP contribution in [-0.2, 0) is 16.2 Å². The van der Waals surface area contributed by atoms with Gasteiger partial charge in [-0.1, -0.05) is 6.07 Å². The van der Waals surface area contributed by atoms with Crippen molar-refractivity contribution >= 4 is 22.4 Å². The fourth-order valence-corrected chi connectivity index (χ4v) is 3.92. The van der Waals surface area contributed by atoms with Gasteiger partial charge in [-0.2, -0.15) is 13.2 Å². The minimum absolute atomic E-state index is 0. The molecule has 0 radical (unpaired) electrons. The van der Waals surface area contributed by atoms with Crippen molar-refractivity contribution in [2.75, 3.05) is 6.54 Å². The summed E-state index contributed by atoms with van der Waals surface area (Å²) in [5, 5.41) is 3.14. The van der Waals surface area contributed by atoms with E-state index in [1.165, 1.54) is 19.1 Å². The summed E-state index contributed by atoms with van der Waals surface area (Å²) in [5.74, 6) is 0. The molecule has 2 N–H and O–H groups in total. The van der Waals surface area contributed by atoms with Gasteiger partial charge in [-0.05, 0) is 50.9 Å². The molecule has 1 fully saturated rings. The van der Waals surface area contributed by atoms with Gasteiger partial charge in [-0.15, -0.1) is 12.4 Å². The number of benzene rings is 1. The van der Waals surface area contributed by atoms with Gasteiger partial charge < -0.3 is 5.32 Å². The van der Waals surface area contributed by atoms with Gasteiger partial charge in [0.2, 0.25) is 10.0 Å². The normalized spacial score (nSPS) is 22.5. The first kappa shape index (κ1) is 20.2. The van der Waals surface area contributed by atoms with Crippen LogP contribution in [0, 0.1) is 6.92 Å². The number of nitrogens with one attached hydrogen (secondary N) is 2. The van der Waals surface area contributed by atoms with Gasteiger partial charge in [0.15, 0.2) is 0 Å². The molecule has 1 aliphatic rings. The maximum absolute atomic E-state index is 12.9. The second-order valence-electron chi connectivity index (χ2n) is 5.59. The van der Waals surface area contributed by atoms with E-state index in [2.05, 4.69) is 10.0 Å². The van der Waals surface area contributed by atoms with E-state index in [4.69, 9.17) is 0 Å². The van der Waals surface area contributed by atoms with E-state index < -0.39 is 21.8 Å². The zero-order valence-corrected chi connectivity index (χ0v) is 14.4. The standard InChI is InChI=1S/C14H19F3N2O2S.ClH/c1-9-5-6-11(8-12(9)14(15,16)17)22(20,21)19-13-4-3-7-18-10(13)2;/h5-6,8,10,13,18-19H,3-4,7H2,1-2H3;1H. The lowest BCUT2D eigenvalue weighted by atomic mass is 10.0. The Morgan fingerprint density at radius 1 is 1.30 bits per heavy atom. The number of alkyl halides is 3. The molecule has 1 heterocycles. The summed E-state index contributed by atoms with van der Waals surface area (Å²) in [6.07, 6.45) is -3.10. The Labute approximate surface area is 140 Å². The lowest BCUT2D eigenvalue weighted by Gasteiger charge is -2.30. The van der Waals surface area contributed by atoms with E-state index in [0.717, 1.165) is 13.0 Å². The Hall–Kier alpha value is -0.830. The number of piperidine rings is 1. The largest absolute Gasteiger partial charge is 0.416 e. The first-order chi connectivity index (χ1) is 10.1. The third-order valence-corrected chi connectivity index (χ3v) is 5.38. The summed E-state index contributed by atoms with van der Waals surface area (Å²) in [6, 6.07) is 2.69. The number of halogens is 4. The van der Waals surface area contributed by atoms with Crippen molar-refractivity contribution in [2.24, 2.45) is 0 Å². The molecule has 2 unspecified atom stereocenters. The third-order valence-electron chi connectivity index (χ3n) is 3.89. The highest BCUT2D eigenvalue weighted by Crippen LogP contribution is 2.33. The Bertz CT molecular complexity index is 650. The maximum atomic E-state index is 12.9. The predicted molar refractivity (Wildman–Crippen MR) is 84.2 cm³/mol. The molecule has 1 saturated heterocycles. The molecule has 2 rings (SSSR count). The molecule has 2 atom stereocenters. The fourth-order valence-electron chi connectivity index (χ4n) is 2.55. The molecule has 1 aromatic carbocycles. The van der Waals surface area contributed by atoms with Crippen LogP contribution in [0.1, 0.15) is 30.9 Å². The van der Waals surface area contributed by atoms with Gasteiger partial charge in [0, 0.05) is 12.1 Å². The number of sulfonamides is 1. The minimum Gasteiger partial charge on any atom is -0.313 e. The van der Waals surface area contributed by atoms with Crippen molar-refractivity contribution in [2.45, 2.75) is 49.8 Å². The van der Waals surface area contributed by atoms with E-state index >= 15 is 0 Å². The average molecular weight is 373 g/mol. The molecule has 0 aromatic heterocycles. The van der Waals surface area contributed by atoms with E-state index in [1.54, 1.807) is 0 Å². The van der Waals surface area contributed by atoms with Crippen LogP contribution in [0.2, 0.25) is 0 Å². The van der Waals surface area contributed by atoms with Gasteiger partial charge in [0.05, 0.1) is 10.5 Å². The summed E-state index contributed by atoms with van der Waals surface area (Å²) in [5.41, 5.74) is -0.927. The van der Waals surface area contributed by atoms with Crippen LogP contribution in [0.3, 0.4) is 0 Å². The van der Waals surface area contributed by atoms with Crippen LogP contribution in [-0.4, -0.2) is 27.0 Å². The summed E-state index contributed by atoms with van der Waals surface area (Å²) >= 11 is 0. The van der Waals surface area contributed by atoms with E-state index in [1.807, 2.05) is 6.92 Å². The Morgan fingerprint density at radius 2 is 1.96 bits per heavy atom. The number of hydrogen-bond acceptors (Lipinski definition) is 3. The van der Waals surface area contributed by atoms with E-state index in [-0.39, 0.29) is 34.9 Å². The Balaban J connectivity index is 0.00000264. The topological polar surface area (TPSA) is 58.2 Å². The van der Waals surface area contributed by atoms with Gasteiger partial charge in [-0.25, -0.2) is 13.1 Å². The van der Waals surface area contributed by atoms with Gasteiger partial charge in [0.1, 0.15) is 0 Å². The second kappa shape index (κ2) is 7.38. The number of rotatable bonds is 3. The molecule has 1 aliphatic heterocycles. The highest BCUT2D eigenvalue weighted by molar-refractivity contribution is 7.89. The highest BCUT2D eigenvalue weighted by atomic mass is 35.5. The van der Waals surface area contributed by atoms with Crippen LogP contribution in [0.15, 0.2) is 23.1 Å². The predicted octanol–water partition coefficient (Wildman–Crippen LogP) is 2.85. The molecular weight excluding hydrogens is 353 g/mol. The second-order valence-corrected chi connectivity index (χ2v) is 7.30. The molecule has 9 heteroatoms. The van der Waals surface area contributed by atoms with Crippen LogP contribution >= 0.6 is 12.4 Å². The molecule has 0 saturated carbocycles. The Kier molecular flexibility index (Phi) is 6.48. The third kappa shape index (κ3) is 4.82. The summed E-state index contributed by atoms with van der Waals surface area (Å²) in [4.78, 5) is -0.358. The number of aryl methyl sites for hydroxylation is 1. The minimum atomic E-state index is -4.57. The maximum Gasteiger partial charge on any atom is 0.416 e. The Morgan fingerprint density at radius 3 is 2.52 bits per heavy atom. The zero-order chi connectivity index (χ0) is 16.5. The summed E-state index contributed by atoms with van der Waals surface area (Å²) in [6.45, 7) is 3.96. The molecule has 0 aliphatic carbocycles. The van der Waals surface area contributed by atoms with Crippen molar-refractivity contribution in [3.05, 3.63) is 29.3 Å². The lowest BCUT2D eigenvalue weighted by molar-refractivity contribution is -0.138. The molecule has 0 bridgehead atoms. The van der Waals surface area contributed by atoms with Crippen LogP contribution in [0.5, 0.6) is 0 Å². The van der Waals surface area contributed by atoms with Crippen LogP contribution in [0.25, 0.3) is 0 Å². The van der Waals surface area contributed by atoms with Crippen molar-refractivity contribution in [1.29, 1.82) is 0 Å². The molecule has 4 nitrogen and oxygen atoms in total. The van der Waals surface area contributed by atoms with Crippen molar-refractivity contribution in [3.63, 3.8) is 0 Å². The lowest BCUT2D eigenvalue weighted by Crippen LogP contribution is -2.51. The first-order valence-corrected chi connectivity index (χ1v) is 8.53. The summed E-state index contributed by atoms with van der Waals surface area (Å²) in [7, 11) is -3.98. The molecule has 132 valence electrons. The summed E-state index contributed by atoms with van der Waals surface area (Å²) < 4.78 is 65.9. The zero-order valence-electron chi connectivity index (χ0n) is 12.8. The fraction of sp³-hybridized carbons (Fsp3) is 0.571. The van der Waals surface area contributed by atoms with Gasteiger partial charge in [0.25, 0.3) is 0 Å². The molecule has 0 amide bonds. The molecule has 1 aromatic rings. The average Bonchev–Trinajstić information content (AvgIpc) is 2.40. The molecule has 0 spiro atoms. The van der Waals surface area contributed by atoms with Crippen molar-refractivity contribution in [3.8, 4) is 0 Å². The van der Waals surface area contributed by atoms with Crippen LogP contribution in [0.4, 0.5) is 13.2 Å². The van der Waals surface area contributed by atoms with Crippen molar-refractivity contribution < 1.29 is 21.6 Å². The van der Waals surface area contributed by atoms with E-state index in [0.29, 0.717) is 12.5 Å². The smallest absolute Gasteiger partial charge is 0.313 e. The quantitative estimate of drug-likeness (QED) is 0.857. The molecule has 23 heavy (non-hydrogen) atoms. The van der Waals surface area contributed by atoms with Gasteiger partial charge >= 0.3 is 6.18 Å². The van der Waals surface area contributed by atoms with Gasteiger partial charge in [-0.3, -0.25) is 0 Å². The first-order valence-electron chi connectivity index (χ1n) is 7.05. The van der Waals surface area contributed by atoms with E-state index in [9.17, 15) is 21.6 Å².